The van der Waals surface area contributed by atoms with Gasteiger partial charge >= 0.3 is 0 Å². The summed E-state index contributed by atoms with van der Waals surface area (Å²) in [5.74, 6) is 0.716. The van der Waals surface area contributed by atoms with Crippen LogP contribution in [0.2, 0.25) is 5.02 Å². The van der Waals surface area contributed by atoms with Crippen molar-refractivity contribution < 1.29 is 5.11 Å². The number of nitrogens with zero attached hydrogens (tertiary/aromatic N) is 3. The van der Waals surface area contributed by atoms with Crippen molar-refractivity contribution in [2.45, 2.75) is 25.4 Å². The van der Waals surface area contributed by atoms with Crippen LogP contribution in [0.5, 0.6) is 0 Å². The topological polar surface area (TPSA) is 49.2 Å². The predicted molar refractivity (Wildman–Crippen MR) is 117 cm³/mol. The van der Waals surface area contributed by atoms with Crippen molar-refractivity contribution in [1.29, 1.82) is 0 Å². The molecule has 0 aliphatic carbocycles. The van der Waals surface area contributed by atoms with Crippen LogP contribution in [-0.2, 0) is 5.60 Å². The minimum Gasteiger partial charge on any atom is -0.385 e. The van der Waals surface area contributed by atoms with Gasteiger partial charge in [-0.25, -0.2) is 9.97 Å². The Kier molecular flexibility index (Phi) is 5.41. The first-order valence-electron chi connectivity index (χ1n) is 9.28. The molecule has 4 rings (SSSR count). The van der Waals surface area contributed by atoms with Gasteiger partial charge in [0.2, 0.25) is 5.95 Å². The van der Waals surface area contributed by atoms with Gasteiger partial charge in [0.1, 0.15) is 0 Å². The summed E-state index contributed by atoms with van der Waals surface area (Å²) in [6, 6.07) is 15.6. The lowest BCUT2D eigenvalue weighted by Gasteiger charge is -2.38. The first-order chi connectivity index (χ1) is 13.4. The molecule has 1 aromatic heterocycles. The Morgan fingerprint density at radius 2 is 1.68 bits per heavy atom. The second-order valence-corrected chi connectivity index (χ2v) is 8.55. The van der Waals surface area contributed by atoms with Crippen molar-refractivity contribution in [3.05, 3.63) is 75.5 Å². The van der Waals surface area contributed by atoms with E-state index in [1.165, 1.54) is 0 Å². The number of aliphatic hydroxyl groups is 1. The molecule has 28 heavy (non-hydrogen) atoms. The SMILES string of the molecule is Cc1nc(N2CCC(O)(c3ccc(Br)cc3)CC2)ncc1-c1ccc(Cl)cc1. The number of hydrogen-bond acceptors (Lipinski definition) is 4. The van der Waals surface area contributed by atoms with E-state index in [1.807, 2.05) is 61.7 Å². The minimum absolute atomic E-state index is 0.649. The molecule has 0 bridgehead atoms. The molecule has 0 spiro atoms. The highest BCUT2D eigenvalue weighted by Gasteiger charge is 2.34. The Morgan fingerprint density at radius 1 is 1.04 bits per heavy atom. The van der Waals surface area contributed by atoms with Crippen LogP contribution in [0, 0.1) is 6.92 Å². The summed E-state index contributed by atoms with van der Waals surface area (Å²) in [5.41, 5.74) is 3.15. The molecule has 1 aliphatic rings. The van der Waals surface area contributed by atoms with Crippen LogP contribution < -0.4 is 4.90 Å². The highest BCUT2D eigenvalue weighted by atomic mass is 79.9. The van der Waals surface area contributed by atoms with Crippen LogP contribution in [0.4, 0.5) is 5.95 Å². The van der Waals surface area contributed by atoms with Gasteiger partial charge in [-0.2, -0.15) is 0 Å². The van der Waals surface area contributed by atoms with Crippen LogP contribution in [0.25, 0.3) is 11.1 Å². The Labute approximate surface area is 178 Å². The van der Waals surface area contributed by atoms with Crippen molar-refractivity contribution in [1.82, 2.24) is 9.97 Å². The molecular formula is C22H21BrClN3O. The van der Waals surface area contributed by atoms with Crippen molar-refractivity contribution in [3.8, 4) is 11.1 Å². The molecule has 4 nitrogen and oxygen atoms in total. The highest BCUT2D eigenvalue weighted by Crippen LogP contribution is 2.34. The van der Waals surface area contributed by atoms with E-state index in [2.05, 4.69) is 25.8 Å². The lowest BCUT2D eigenvalue weighted by atomic mass is 9.84. The fourth-order valence-corrected chi connectivity index (χ4v) is 4.04. The van der Waals surface area contributed by atoms with Crippen molar-refractivity contribution in [3.63, 3.8) is 0 Å². The van der Waals surface area contributed by atoms with Gasteiger partial charge in [-0.1, -0.05) is 51.8 Å². The molecule has 2 heterocycles. The number of benzene rings is 2. The number of aryl methyl sites for hydroxylation is 1. The normalized spacial score (nSPS) is 16.2. The number of aromatic nitrogens is 2. The number of anilines is 1. The smallest absolute Gasteiger partial charge is 0.225 e. The monoisotopic (exact) mass is 457 g/mol. The first-order valence-corrected chi connectivity index (χ1v) is 10.4. The van der Waals surface area contributed by atoms with Crippen LogP contribution in [0.1, 0.15) is 24.1 Å². The van der Waals surface area contributed by atoms with Gasteiger partial charge in [-0.05, 0) is 55.2 Å². The summed E-state index contributed by atoms with van der Waals surface area (Å²) >= 11 is 9.43. The van der Waals surface area contributed by atoms with Gasteiger partial charge in [-0.3, -0.25) is 0 Å². The summed E-state index contributed by atoms with van der Waals surface area (Å²) < 4.78 is 1.02. The average Bonchev–Trinajstić information content (AvgIpc) is 2.70. The van der Waals surface area contributed by atoms with Gasteiger partial charge in [0, 0.05) is 34.3 Å². The second kappa shape index (κ2) is 7.82. The largest absolute Gasteiger partial charge is 0.385 e. The van der Waals surface area contributed by atoms with Gasteiger partial charge < -0.3 is 10.0 Å². The molecule has 1 saturated heterocycles. The van der Waals surface area contributed by atoms with E-state index in [0.717, 1.165) is 26.9 Å². The van der Waals surface area contributed by atoms with E-state index in [-0.39, 0.29) is 0 Å². The Balaban J connectivity index is 1.49. The van der Waals surface area contributed by atoms with Crippen LogP contribution in [0.3, 0.4) is 0 Å². The number of hydrogen-bond donors (Lipinski definition) is 1. The van der Waals surface area contributed by atoms with E-state index in [1.54, 1.807) is 0 Å². The maximum absolute atomic E-state index is 11.1. The summed E-state index contributed by atoms with van der Waals surface area (Å²) in [5, 5.41) is 11.8. The van der Waals surface area contributed by atoms with E-state index < -0.39 is 5.60 Å². The molecule has 144 valence electrons. The van der Waals surface area contributed by atoms with Gasteiger partial charge in [0.05, 0.1) is 11.3 Å². The second-order valence-electron chi connectivity index (χ2n) is 7.20. The molecule has 0 saturated carbocycles. The highest BCUT2D eigenvalue weighted by molar-refractivity contribution is 9.10. The van der Waals surface area contributed by atoms with E-state index in [4.69, 9.17) is 16.6 Å². The summed E-state index contributed by atoms with van der Waals surface area (Å²) in [6.07, 6.45) is 3.17. The fraction of sp³-hybridized carbons (Fsp3) is 0.273. The Morgan fingerprint density at radius 3 is 2.29 bits per heavy atom. The maximum Gasteiger partial charge on any atom is 0.225 e. The maximum atomic E-state index is 11.1. The third kappa shape index (κ3) is 3.93. The molecular weight excluding hydrogens is 438 g/mol. The molecule has 3 aromatic rings. The third-order valence-electron chi connectivity index (χ3n) is 5.38. The number of rotatable bonds is 3. The molecule has 2 aromatic carbocycles. The molecule has 6 heteroatoms. The molecule has 0 atom stereocenters. The van der Waals surface area contributed by atoms with Crippen molar-refractivity contribution in [2.75, 3.05) is 18.0 Å². The zero-order valence-electron chi connectivity index (χ0n) is 15.6. The van der Waals surface area contributed by atoms with Crippen LogP contribution in [-0.4, -0.2) is 28.2 Å². The van der Waals surface area contributed by atoms with Gasteiger partial charge in [0.15, 0.2) is 0 Å². The molecule has 1 fully saturated rings. The Bertz CT molecular complexity index is 968. The predicted octanol–water partition coefficient (Wildman–Crippen LogP) is 5.36. The number of piperidine rings is 1. The summed E-state index contributed by atoms with van der Waals surface area (Å²) in [7, 11) is 0. The van der Waals surface area contributed by atoms with Crippen LogP contribution >= 0.6 is 27.5 Å². The molecule has 1 N–H and O–H groups in total. The van der Waals surface area contributed by atoms with Crippen LogP contribution in [0.15, 0.2) is 59.2 Å². The third-order valence-corrected chi connectivity index (χ3v) is 6.16. The van der Waals surface area contributed by atoms with E-state index >= 15 is 0 Å². The minimum atomic E-state index is -0.796. The zero-order valence-corrected chi connectivity index (χ0v) is 17.9. The van der Waals surface area contributed by atoms with E-state index in [0.29, 0.717) is 36.9 Å². The lowest BCUT2D eigenvalue weighted by Crippen LogP contribution is -2.43. The fourth-order valence-electron chi connectivity index (χ4n) is 3.65. The lowest BCUT2D eigenvalue weighted by molar-refractivity contribution is 0.0115. The summed E-state index contributed by atoms with van der Waals surface area (Å²) in [6.45, 7) is 3.43. The quantitative estimate of drug-likeness (QED) is 0.574. The standard InChI is InChI=1S/C22H21BrClN3O/c1-15-20(16-2-8-19(24)9-3-16)14-25-21(26-15)27-12-10-22(28,11-13-27)17-4-6-18(23)7-5-17/h2-9,14,28H,10-13H2,1H3. The molecule has 1 aliphatic heterocycles. The average molecular weight is 459 g/mol. The zero-order chi connectivity index (χ0) is 19.7. The Hall–Kier alpha value is -1.95. The van der Waals surface area contributed by atoms with E-state index in [9.17, 15) is 5.11 Å². The summed E-state index contributed by atoms with van der Waals surface area (Å²) in [4.78, 5) is 11.5. The number of halogens is 2. The molecule has 0 radical (unpaired) electrons. The van der Waals surface area contributed by atoms with Crippen molar-refractivity contribution in [2.24, 2.45) is 0 Å². The van der Waals surface area contributed by atoms with Crippen molar-refractivity contribution >= 4 is 33.5 Å². The molecule has 0 amide bonds. The first kappa shape index (κ1) is 19.4. The van der Waals surface area contributed by atoms with Gasteiger partial charge in [0.25, 0.3) is 0 Å². The van der Waals surface area contributed by atoms with Gasteiger partial charge in [-0.15, -0.1) is 0 Å². The molecule has 0 unspecified atom stereocenters.